The predicted octanol–water partition coefficient (Wildman–Crippen LogP) is 3.22. The van der Waals surface area contributed by atoms with E-state index in [1.54, 1.807) is 0 Å². The van der Waals surface area contributed by atoms with Gasteiger partial charge in [-0.05, 0) is 36.2 Å². The van der Waals surface area contributed by atoms with Crippen molar-refractivity contribution in [3.05, 3.63) is 59.7 Å². The summed E-state index contributed by atoms with van der Waals surface area (Å²) in [6, 6.07) is 16.7. The van der Waals surface area contributed by atoms with Crippen LogP contribution >= 0.6 is 0 Å². The first-order chi connectivity index (χ1) is 8.22. The van der Waals surface area contributed by atoms with Crippen LogP contribution in [0.4, 0.5) is 11.4 Å². The van der Waals surface area contributed by atoms with Crippen LogP contribution in [0.15, 0.2) is 48.5 Å². The molecule has 17 heavy (non-hydrogen) atoms. The van der Waals surface area contributed by atoms with Gasteiger partial charge in [0.15, 0.2) is 0 Å². The number of aryl methyl sites for hydroxylation is 1. The normalized spacial score (nSPS) is 10.3. The molecule has 0 heterocycles. The molecule has 0 unspecified atom stereocenters. The van der Waals surface area contributed by atoms with Crippen LogP contribution in [0.3, 0.4) is 0 Å². The lowest BCUT2D eigenvalue weighted by atomic mass is 10.1. The molecule has 0 aromatic heterocycles. The fourth-order valence-corrected chi connectivity index (χ4v) is 2.01. The highest BCUT2D eigenvalue weighted by atomic mass is 15.1. The molecular formula is C15H18N2. The maximum Gasteiger partial charge on any atom is 0.0438 e. The lowest BCUT2D eigenvalue weighted by Crippen LogP contribution is -2.11. The maximum absolute atomic E-state index is 5.64. The Morgan fingerprint density at radius 2 is 1.76 bits per heavy atom. The summed E-state index contributed by atoms with van der Waals surface area (Å²) in [6.45, 7) is 2.71. The molecule has 0 spiro atoms. The van der Waals surface area contributed by atoms with E-state index in [4.69, 9.17) is 5.73 Å². The van der Waals surface area contributed by atoms with Crippen molar-refractivity contribution in [2.45, 2.75) is 13.5 Å². The number of benzene rings is 2. The number of rotatable bonds is 3. The molecule has 0 aliphatic rings. The Labute approximate surface area is 103 Å². The minimum Gasteiger partial charge on any atom is -0.344 e. The molecule has 0 aliphatic carbocycles. The topological polar surface area (TPSA) is 29.3 Å². The Morgan fingerprint density at radius 3 is 2.35 bits per heavy atom. The molecule has 2 heteroatoms. The minimum atomic E-state index is 0.593. The van der Waals surface area contributed by atoms with Crippen LogP contribution in [-0.4, -0.2) is 7.05 Å². The lowest BCUT2D eigenvalue weighted by Gasteiger charge is -2.22. The highest BCUT2D eigenvalue weighted by molar-refractivity contribution is 5.65. The summed E-state index contributed by atoms with van der Waals surface area (Å²) in [5.74, 6) is 0. The number of anilines is 2. The number of nitrogens with zero attached hydrogens (tertiary/aromatic N) is 1. The van der Waals surface area contributed by atoms with Crippen LogP contribution in [0.1, 0.15) is 11.1 Å². The number of hydrogen-bond donors (Lipinski definition) is 1. The number of para-hydroxylation sites is 1. The number of nitrogens with two attached hydrogens (primary N) is 1. The highest BCUT2D eigenvalue weighted by Crippen LogP contribution is 2.26. The fraction of sp³-hybridized carbons (Fsp3) is 0.200. The van der Waals surface area contributed by atoms with Crippen molar-refractivity contribution in [1.29, 1.82) is 0 Å². The molecule has 88 valence electrons. The summed E-state index contributed by atoms with van der Waals surface area (Å²) in [4.78, 5) is 2.19. The van der Waals surface area contributed by atoms with Crippen LogP contribution in [0.5, 0.6) is 0 Å². The molecule has 2 rings (SSSR count). The van der Waals surface area contributed by atoms with Gasteiger partial charge in [0.2, 0.25) is 0 Å². The van der Waals surface area contributed by atoms with E-state index < -0.39 is 0 Å². The van der Waals surface area contributed by atoms with Crippen molar-refractivity contribution in [2.75, 3.05) is 11.9 Å². The largest absolute Gasteiger partial charge is 0.344 e. The lowest BCUT2D eigenvalue weighted by molar-refractivity contribution is 1.06. The van der Waals surface area contributed by atoms with Gasteiger partial charge in [-0.25, -0.2) is 0 Å². The van der Waals surface area contributed by atoms with Crippen LogP contribution in [0.2, 0.25) is 0 Å². The maximum atomic E-state index is 5.64. The van der Waals surface area contributed by atoms with Gasteiger partial charge in [0.25, 0.3) is 0 Å². The second-order valence-electron chi connectivity index (χ2n) is 4.22. The second kappa shape index (κ2) is 5.02. The molecule has 0 saturated carbocycles. The smallest absolute Gasteiger partial charge is 0.0438 e. The van der Waals surface area contributed by atoms with E-state index in [1.807, 2.05) is 6.07 Å². The molecule has 0 atom stereocenters. The van der Waals surface area contributed by atoms with Crippen LogP contribution in [0, 0.1) is 6.92 Å². The van der Waals surface area contributed by atoms with Crippen molar-refractivity contribution in [2.24, 2.45) is 5.73 Å². The van der Waals surface area contributed by atoms with Gasteiger partial charge in [0.05, 0.1) is 0 Å². The highest BCUT2D eigenvalue weighted by Gasteiger charge is 2.06. The Bertz CT molecular complexity index is 492. The second-order valence-corrected chi connectivity index (χ2v) is 4.22. The van der Waals surface area contributed by atoms with E-state index in [0.29, 0.717) is 6.54 Å². The Kier molecular flexibility index (Phi) is 3.45. The van der Waals surface area contributed by atoms with Gasteiger partial charge in [-0.15, -0.1) is 0 Å². The number of hydrogen-bond acceptors (Lipinski definition) is 2. The monoisotopic (exact) mass is 226 g/mol. The third-order valence-corrected chi connectivity index (χ3v) is 3.00. The fourth-order valence-electron chi connectivity index (χ4n) is 2.01. The van der Waals surface area contributed by atoms with Crippen molar-refractivity contribution >= 4 is 11.4 Å². The third-order valence-electron chi connectivity index (χ3n) is 3.00. The van der Waals surface area contributed by atoms with Gasteiger partial charge in [0, 0.05) is 25.0 Å². The summed E-state index contributed by atoms with van der Waals surface area (Å²) >= 11 is 0. The van der Waals surface area contributed by atoms with Crippen LogP contribution in [0.25, 0.3) is 0 Å². The van der Waals surface area contributed by atoms with Gasteiger partial charge in [-0.1, -0.05) is 30.3 Å². The summed E-state index contributed by atoms with van der Waals surface area (Å²) < 4.78 is 0. The van der Waals surface area contributed by atoms with Crippen molar-refractivity contribution in [3.8, 4) is 0 Å². The quantitative estimate of drug-likeness (QED) is 0.870. The van der Waals surface area contributed by atoms with Gasteiger partial charge in [-0.2, -0.15) is 0 Å². The average Bonchev–Trinajstić information content (AvgIpc) is 2.39. The zero-order chi connectivity index (χ0) is 12.3. The molecule has 0 amide bonds. The van der Waals surface area contributed by atoms with Crippen molar-refractivity contribution in [1.82, 2.24) is 0 Å². The Balaban J connectivity index is 2.34. The van der Waals surface area contributed by atoms with Gasteiger partial charge in [0.1, 0.15) is 0 Å². The third kappa shape index (κ3) is 2.48. The van der Waals surface area contributed by atoms with Gasteiger partial charge in [-0.3, -0.25) is 0 Å². The Hall–Kier alpha value is -1.80. The standard InChI is InChI=1S/C15H18N2/c1-12-10-13(11-16)8-9-15(12)17(2)14-6-4-3-5-7-14/h3-10H,11,16H2,1-2H3. The predicted molar refractivity (Wildman–Crippen MR) is 73.6 cm³/mol. The molecule has 0 saturated heterocycles. The Morgan fingerprint density at radius 1 is 1.06 bits per heavy atom. The first kappa shape index (κ1) is 11.7. The minimum absolute atomic E-state index is 0.593. The molecule has 2 aromatic carbocycles. The average molecular weight is 226 g/mol. The van der Waals surface area contributed by atoms with E-state index in [2.05, 4.69) is 61.3 Å². The zero-order valence-electron chi connectivity index (χ0n) is 10.4. The first-order valence-electron chi connectivity index (χ1n) is 5.80. The van der Waals surface area contributed by atoms with E-state index in [-0.39, 0.29) is 0 Å². The molecular weight excluding hydrogens is 208 g/mol. The summed E-state index contributed by atoms with van der Waals surface area (Å²) in [5.41, 5.74) is 10.5. The molecule has 2 nitrogen and oxygen atoms in total. The van der Waals surface area contributed by atoms with E-state index >= 15 is 0 Å². The summed E-state index contributed by atoms with van der Waals surface area (Å²) in [5, 5.41) is 0. The van der Waals surface area contributed by atoms with Crippen molar-refractivity contribution < 1.29 is 0 Å². The van der Waals surface area contributed by atoms with Crippen LogP contribution < -0.4 is 10.6 Å². The molecule has 2 N–H and O–H groups in total. The molecule has 0 bridgehead atoms. The SMILES string of the molecule is Cc1cc(CN)ccc1N(C)c1ccccc1. The van der Waals surface area contributed by atoms with E-state index in [9.17, 15) is 0 Å². The summed E-state index contributed by atoms with van der Waals surface area (Å²) in [6.07, 6.45) is 0. The van der Waals surface area contributed by atoms with E-state index in [0.717, 1.165) is 0 Å². The first-order valence-corrected chi connectivity index (χ1v) is 5.80. The molecule has 0 aliphatic heterocycles. The van der Waals surface area contributed by atoms with Gasteiger partial charge < -0.3 is 10.6 Å². The molecule has 2 aromatic rings. The van der Waals surface area contributed by atoms with Gasteiger partial charge >= 0.3 is 0 Å². The zero-order valence-corrected chi connectivity index (χ0v) is 10.4. The summed E-state index contributed by atoms with van der Waals surface area (Å²) in [7, 11) is 2.08. The molecule has 0 radical (unpaired) electrons. The molecule has 0 fully saturated rings. The van der Waals surface area contributed by atoms with Crippen molar-refractivity contribution in [3.63, 3.8) is 0 Å². The van der Waals surface area contributed by atoms with E-state index in [1.165, 1.54) is 22.5 Å². The van der Waals surface area contributed by atoms with Crippen LogP contribution in [-0.2, 0) is 6.54 Å².